The van der Waals surface area contributed by atoms with Crippen molar-refractivity contribution in [3.8, 4) is 0 Å². The number of nitrogens with one attached hydrogen (secondary N) is 1. The first kappa shape index (κ1) is 15.7. The van der Waals surface area contributed by atoms with Crippen molar-refractivity contribution in [2.24, 2.45) is 5.73 Å². The molecule has 0 aliphatic heterocycles. The van der Waals surface area contributed by atoms with Gasteiger partial charge in [-0.3, -0.25) is 9.52 Å². The number of carbonyl (C=O) groups is 1. The van der Waals surface area contributed by atoms with Crippen LogP contribution in [0.1, 0.15) is 5.56 Å². The van der Waals surface area contributed by atoms with Crippen molar-refractivity contribution < 1.29 is 17.9 Å². The summed E-state index contributed by atoms with van der Waals surface area (Å²) in [5.41, 5.74) is 5.98. The average molecular weight is 323 g/mol. The zero-order valence-electron chi connectivity index (χ0n) is 9.84. The zero-order chi connectivity index (χ0) is 14.6. The molecular weight excluding hydrogens is 312 g/mol. The molecule has 104 valence electrons. The lowest BCUT2D eigenvalue weighted by atomic mass is 10.2. The minimum absolute atomic E-state index is 0.0934. The number of nitrogens with two attached hydrogens (primary N) is 1. The highest BCUT2D eigenvalue weighted by molar-refractivity contribution is 7.93. The molecule has 0 aliphatic rings. The molecule has 1 aromatic rings. The van der Waals surface area contributed by atoms with Crippen LogP contribution in [-0.4, -0.2) is 32.2 Å². The molecule has 0 atom stereocenters. The van der Waals surface area contributed by atoms with Crippen molar-refractivity contribution in [3.05, 3.63) is 28.8 Å². The van der Waals surface area contributed by atoms with Gasteiger partial charge >= 0.3 is 5.97 Å². The molecule has 0 aliphatic carbocycles. The Morgan fingerprint density at radius 1 is 1.53 bits per heavy atom. The fraction of sp³-hybridized carbons (Fsp3) is 0.200. The van der Waals surface area contributed by atoms with Crippen LogP contribution in [-0.2, 0) is 19.6 Å². The van der Waals surface area contributed by atoms with Crippen LogP contribution < -0.4 is 10.5 Å². The highest BCUT2D eigenvalue weighted by atomic mass is 35.5. The number of hydrogen-bond donors (Lipinski definition) is 2. The zero-order valence-corrected chi connectivity index (χ0v) is 12.2. The van der Waals surface area contributed by atoms with Gasteiger partial charge in [0.15, 0.2) is 5.75 Å². The van der Waals surface area contributed by atoms with Gasteiger partial charge < -0.3 is 10.5 Å². The van der Waals surface area contributed by atoms with Crippen LogP contribution in [0.15, 0.2) is 18.2 Å². The van der Waals surface area contributed by atoms with Crippen molar-refractivity contribution in [1.82, 2.24) is 0 Å². The molecule has 19 heavy (non-hydrogen) atoms. The van der Waals surface area contributed by atoms with Gasteiger partial charge in [0, 0.05) is 5.56 Å². The van der Waals surface area contributed by atoms with Gasteiger partial charge in [-0.1, -0.05) is 29.9 Å². The summed E-state index contributed by atoms with van der Waals surface area (Å²) in [5.74, 6) is -1.69. The topological polar surface area (TPSA) is 98.5 Å². The van der Waals surface area contributed by atoms with Crippen molar-refractivity contribution in [2.75, 3.05) is 17.6 Å². The van der Waals surface area contributed by atoms with Crippen LogP contribution in [0.4, 0.5) is 5.69 Å². The lowest BCUT2D eigenvalue weighted by Gasteiger charge is -2.10. The van der Waals surface area contributed by atoms with Crippen LogP contribution in [0.25, 0.3) is 0 Å². The third kappa shape index (κ3) is 4.66. The van der Waals surface area contributed by atoms with E-state index >= 15 is 0 Å². The standard InChI is InChI=1S/C10H11ClN2O4S2/c1-17-9(14)5-19(15,16)13-8-4-6(10(12)18)2-3-7(8)11/h2-4,13H,5H2,1H3,(H2,12,18). The molecule has 0 radical (unpaired) electrons. The summed E-state index contributed by atoms with van der Waals surface area (Å²) >= 11 is 10.6. The van der Waals surface area contributed by atoms with E-state index in [0.717, 1.165) is 7.11 Å². The van der Waals surface area contributed by atoms with Crippen LogP contribution in [0.3, 0.4) is 0 Å². The number of sulfonamides is 1. The number of anilines is 1. The first-order valence-electron chi connectivity index (χ1n) is 4.92. The Bertz CT molecular complexity index is 616. The second-order valence-corrected chi connectivity index (χ2v) is 6.07. The Morgan fingerprint density at radius 2 is 2.16 bits per heavy atom. The number of rotatable bonds is 5. The van der Waals surface area contributed by atoms with Gasteiger partial charge in [0.25, 0.3) is 0 Å². The van der Waals surface area contributed by atoms with E-state index in [9.17, 15) is 13.2 Å². The number of methoxy groups -OCH3 is 1. The number of halogens is 1. The second kappa shape index (κ2) is 6.18. The summed E-state index contributed by atoms with van der Waals surface area (Å²) in [6, 6.07) is 4.40. The predicted octanol–water partition coefficient (Wildman–Crippen LogP) is 0.889. The molecule has 0 amide bonds. The average Bonchev–Trinajstić information content (AvgIpc) is 2.30. The molecule has 0 unspecified atom stereocenters. The Labute approximate surface area is 120 Å². The number of esters is 1. The molecule has 0 fully saturated rings. The first-order chi connectivity index (χ1) is 8.75. The smallest absolute Gasteiger partial charge is 0.322 e. The molecule has 0 aromatic heterocycles. The van der Waals surface area contributed by atoms with E-state index in [0.29, 0.717) is 5.56 Å². The van der Waals surface area contributed by atoms with Gasteiger partial charge in [0.05, 0.1) is 17.8 Å². The summed E-state index contributed by atoms with van der Waals surface area (Å²) in [4.78, 5) is 11.1. The van der Waals surface area contributed by atoms with E-state index in [1.807, 2.05) is 0 Å². The molecule has 3 N–H and O–H groups in total. The van der Waals surface area contributed by atoms with Crippen LogP contribution >= 0.6 is 23.8 Å². The Hall–Kier alpha value is -1.38. The quantitative estimate of drug-likeness (QED) is 0.617. The highest BCUT2D eigenvalue weighted by Gasteiger charge is 2.18. The maximum atomic E-state index is 11.7. The SMILES string of the molecule is COC(=O)CS(=O)(=O)Nc1cc(C(N)=S)ccc1Cl. The third-order valence-corrected chi connectivity index (χ3v) is 3.76. The van der Waals surface area contributed by atoms with Crippen molar-refractivity contribution >= 4 is 50.5 Å². The number of benzene rings is 1. The number of carbonyl (C=O) groups excluding carboxylic acids is 1. The van der Waals surface area contributed by atoms with E-state index in [2.05, 4.69) is 9.46 Å². The summed E-state index contributed by atoms with van der Waals surface area (Å²) in [6.07, 6.45) is 0. The normalized spacial score (nSPS) is 10.8. The summed E-state index contributed by atoms with van der Waals surface area (Å²) in [7, 11) is -2.81. The molecule has 0 spiro atoms. The predicted molar refractivity (Wildman–Crippen MR) is 76.8 cm³/mol. The largest absolute Gasteiger partial charge is 0.468 e. The molecule has 1 rings (SSSR count). The summed E-state index contributed by atoms with van der Waals surface area (Å²) < 4.78 is 29.8. The van der Waals surface area contributed by atoms with Crippen molar-refractivity contribution in [1.29, 1.82) is 0 Å². The molecule has 0 bridgehead atoms. The van der Waals surface area contributed by atoms with Gasteiger partial charge in [0.1, 0.15) is 4.99 Å². The fourth-order valence-corrected chi connectivity index (χ4v) is 2.53. The van der Waals surface area contributed by atoms with Gasteiger partial charge in [-0.25, -0.2) is 8.42 Å². The molecule has 1 aromatic carbocycles. The number of thiocarbonyl (C=S) groups is 1. The van der Waals surface area contributed by atoms with E-state index in [1.165, 1.54) is 12.1 Å². The third-order valence-electron chi connectivity index (χ3n) is 2.05. The highest BCUT2D eigenvalue weighted by Crippen LogP contribution is 2.24. The van der Waals surface area contributed by atoms with E-state index in [-0.39, 0.29) is 15.7 Å². The maximum absolute atomic E-state index is 11.7. The van der Waals surface area contributed by atoms with Crippen LogP contribution in [0.2, 0.25) is 5.02 Å². The number of ether oxygens (including phenoxy) is 1. The lowest BCUT2D eigenvalue weighted by Crippen LogP contribution is -2.24. The molecule has 6 nitrogen and oxygen atoms in total. The fourth-order valence-electron chi connectivity index (χ4n) is 1.17. The van der Waals surface area contributed by atoms with E-state index < -0.39 is 21.7 Å². The number of hydrogen-bond acceptors (Lipinski definition) is 5. The van der Waals surface area contributed by atoms with E-state index in [1.54, 1.807) is 6.07 Å². The Balaban J connectivity index is 3.02. The van der Waals surface area contributed by atoms with Crippen molar-refractivity contribution in [3.63, 3.8) is 0 Å². The van der Waals surface area contributed by atoms with E-state index in [4.69, 9.17) is 29.6 Å². The van der Waals surface area contributed by atoms with Gasteiger partial charge in [-0.05, 0) is 12.1 Å². The minimum Gasteiger partial charge on any atom is -0.468 e. The van der Waals surface area contributed by atoms with Gasteiger partial charge in [0.2, 0.25) is 10.0 Å². The first-order valence-corrected chi connectivity index (χ1v) is 7.35. The molecular formula is C10H11ClN2O4S2. The Morgan fingerprint density at radius 3 is 2.68 bits per heavy atom. The monoisotopic (exact) mass is 322 g/mol. The van der Waals surface area contributed by atoms with Crippen LogP contribution in [0.5, 0.6) is 0 Å². The van der Waals surface area contributed by atoms with Gasteiger partial charge in [-0.2, -0.15) is 0 Å². The van der Waals surface area contributed by atoms with Crippen LogP contribution in [0, 0.1) is 0 Å². The minimum atomic E-state index is -3.90. The van der Waals surface area contributed by atoms with Crippen molar-refractivity contribution in [2.45, 2.75) is 0 Å². The molecule has 0 saturated carbocycles. The molecule has 0 saturated heterocycles. The lowest BCUT2D eigenvalue weighted by molar-refractivity contribution is -0.137. The molecule has 0 heterocycles. The maximum Gasteiger partial charge on any atom is 0.322 e. The molecule has 9 heteroatoms. The Kier molecular flexibility index (Phi) is 5.10. The summed E-state index contributed by atoms with van der Waals surface area (Å²) in [6.45, 7) is 0. The van der Waals surface area contributed by atoms with Gasteiger partial charge in [-0.15, -0.1) is 0 Å². The summed E-state index contributed by atoms with van der Waals surface area (Å²) in [5, 5.41) is 0.161. The second-order valence-electron chi connectivity index (χ2n) is 3.50.